The van der Waals surface area contributed by atoms with E-state index in [1.807, 2.05) is 12.1 Å². The third-order valence-corrected chi connectivity index (χ3v) is 3.47. The quantitative estimate of drug-likeness (QED) is 0.774. The molecule has 0 atom stereocenters. The van der Waals surface area contributed by atoms with Gasteiger partial charge in [-0.25, -0.2) is 19.2 Å². The number of aromatic carboxylic acids is 1. The first-order valence-corrected chi connectivity index (χ1v) is 6.50. The van der Waals surface area contributed by atoms with Gasteiger partial charge in [0.2, 0.25) is 0 Å². The number of carbonyl (C=O) groups is 1. The summed E-state index contributed by atoms with van der Waals surface area (Å²) in [5.74, 6) is -1.83. The number of aromatic nitrogens is 2. The van der Waals surface area contributed by atoms with E-state index in [9.17, 15) is 9.18 Å². The van der Waals surface area contributed by atoms with Crippen LogP contribution in [-0.2, 0) is 0 Å². The molecular formula is C13H8FN3O2S. The number of benzene rings is 1. The summed E-state index contributed by atoms with van der Waals surface area (Å²) >= 11 is 1.48. The number of halogens is 1. The summed E-state index contributed by atoms with van der Waals surface area (Å²) in [4.78, 5) is 19.0. The molecule has 0 bridgehead atoms. The largest absolute Gasteiger partial charge is 0.478 e. The topological polar surface area (TPSA) is 75.1 Å². The lowest BCUT2D eigenvalue weighted by Crippen LogP contribution is -2.05. The first-order chi connectivity index (χ1) is 9.63. The molecule has 3 rings (SSSR count). The van der Waals surface area contributed by atoms with E-state index in [1.165, 1.54) is 11.3 Å². The van der Waals surface area contributed by atoms with Gasteiger partial charge in [-0.05, 0) is 24.3 Å². The summed E-state index contributed by atoms with van der Waals surface area (Å²) in [6.07, 6.45) is 0.972. The molecule has 0 unspecified atom stereocenters. The number of hydrogen-bond donors (Lipinski definition) is 2. The van der Waals surface area contributed by atoms with Crippen molar-refractivity contribution in [3.63, 3.8) is 0 Å². The molecule has 0 saturated heterocycles. The molecule has 0 aliphatic rings. The number of carboxylic acid groups (broad SMARTS) is 1. The number of nitrogens with one attached hydrogen (secondary N) is 1. The van der Waals surface area contributed by atoms with Crippen molar-refractivity contribution in [1.82, 2.24) is 9.97 Å². The van der Waals surface area contributed by atoms with Gasteiger partial charge < -0.3 is 10.4 Å². The van der Waals surface area contributed by atoms with Crippen LogP contribution in [0.3, 0.4) is 0 Å². The van der Waals surface area contributed by atoms with Crippen molar-refractivity contribution in [2.75, 3.05) is 5.32 Å². The van der Waals surface area contributed by atoms with Crippen LogP contribution in [0.1, 0.15) is 10.4 Å². The Labute approximate surface area is 116 Å². The summed E-state index contributed by atoms with van der Waals surface area (Å²) in [5, 5.41) is 11.9. The minimum atomic E-state index is -1.24. The Morgan fingerprint density at radius 2 is 2.15 bits per heavy atom. The number of hydrogen-bond acceptors (Lipinski definition) is 5. The highest BCUT2D eigenvalue weighted by molar-refractivity contribution is 7.16. The highest BCUT2D eigenvalue weighted by Crippen LogP contribution is 2.25. The molecule has 2 heterocycles. The maximum Gasteiger partial charge on any atom is 0.339 e. The molecule has 20 heavy (non-hydrogen) atoms. The molecule has 1 aromatic carbocycles. The standard InChI is InChI=1S/C13H8FN3O2S/c14-7-3-9(13(18)19)12(15-5-7)17-8-1-2-10-11(4-8)20-6-16-10/h1-6H,(H,15,17)(H,18,19). The van der Waals surface area contributed by atoms with E-state index in [4.69, 9.17) is 5.11 Å². The van der Waals surface area contributed by atoms with Crippen molar-refractivity contribution in [1.29, 1.82) is 0 Å². The van der Waals surface area contributed by atoms with Crippen LogP contribution in [-0.4, -0.2) is 21.0 Å². The van der Waals surface area contributed by atoms with Gasteiger partial charge in [0.05, 0.1) is 21.9 Å². The molecule has 0 aliphatic carbocycles. The molecular weight excluding hydrogens is 281 g/mol. The zero-order chi connectivity index (χ0) is 14.1. The Bertz CT molecular complexity index is 803. The van der Waals surface area contributed by atoms with Crippen molar-refractivity contribution >= 4 is 39.0 Å². The normalized spacial score (nSPS) is 10.7. The second-order valence-corrected chi connectivity index (χ2v) is 4.90. The van der Waals surface area contributed by atoms with E-state index < -0.39 is 11.8 Å². The van der Waals surface area contributed by atoms with E-state index in [2.05, 4.69) is 15.3 Å². The van der Waals surface area contributed by atoms with Crippen molar-refractivity contribution in [3.05, 3.63) is 47.4 Å². The number of thiazole rings is 1. The van der Waals surface area contributed by atoms with E-state index in [-0.39, 0.29) is 11.4 Å². The second-order valence-electron chi connectivity index (χ2n) is 4.01. The second kappa shape index (κ2) is 4.86. The molecule has 0 radical (unpaired) electrons. The maximum absolute atomic E-state index is 13.1. The summed E-state index contributed by atoms with van der Waals surface area (Å²) < 4.78 is 14.0. The summed E-state index contributed by atoms with van der Waals surface area (Å²) in [6, 6.07) is 6.35. The van der Waals surface area contributed by atoms with Crippen molar-refractivity contribution < 1.29 is 14.3 Å². The Kier molecular flexibility index (Phi) is 3.03. The predicted octanol–water partition coefficient (Wildman–Crippen LogP) is 3.27. The summed E-state index contributed by atoms with van der Waals surface area (Å²) in [5.41, 5.74) is 3.05. The van der Waals surface area contributed by atoms with Gasteiger partial charge in [0.25, 0.3) is 0 Å². The fraction of sp³-hybridized carbons (Fsp3) is 0. The van der Waals surface area contributed by atoms with Crippen LogP contribution in [0, 0.1) is 5.82 Å². The molecule has 0 saturated carbocycles. The molecule has 0 amide bonds. The molecule has 0 aliphatic heterocycles. The van der Waals surface area contributed by atoms with Crippen LogP contribution in [0.2, 0.25) is 0 Å². The average Bonchev–Trinajstić information content (AvgIpc) is 2.88. The van der Waals surface area contributed by atoms with Gasteiger partial charge in [0, 0.05) is 5.69 Å². The smallest absolute Gasteiger partial charge is 0.339 e. The zero-order valence-corrected chi connectivity index (χ0v) is 10.8. The fourth-order valence-electron chi connectivity index (χ4n) is 1.77. The van der Waals surface area contributed by atoms with Crippen molar-refractivity contribution in [2.45, 2.75) is 0 Å². The predicted molar refractivity (Wildman–Crippen MR) is 74.1 cm³/mol. The molecule has 2 aromatic heterocycles. The lowest BCUT2D eigenvalue weighted by atomic mass is 10.2. The lowest BCUT2D eigenvalue weighted by Gasteiger charge is -2.08. The third-order valence-electron chi connectivity index (χ3n) is 2.68. The van der Waals surface area contributed by atoms with Gasteiger partial charge in [0.15, 0.2) is 0 Å². The summed E-state index contributed by atoms with van der Waals surface area (Å²) in [6.45, 7) is 0. The lowest BCUT2D eigenvalue weighted by molar-refractivity contribution is 0.0697. The number of anilines is 2. The number of nitrogens with zero attached hydrogens (tertiary/aromatic N) is 2. The van der Waals surface area contributed by atoms with Crippen LogP contribution in [0.15, 0.2) is 36.0 Å². The monoisotopic (exact) mass is 289 g/mol. The average molecular weight is 289 g/mol. The molecule has 7 heteroatoms. The number of pyridine rings is 1. The minimum absolute atomic E-state index is 0.0998. The molecule has 5 nitrogen and oxygen atoms in total. The Balaban J connectivity index is 1.99. The highest BCUT2D eigenvalue weighted by Gasteiger charge is 2.13. The number of rotatable bonds is 3. The van der Waals surface area contributed by atoms with Gasteiger partial charge in [0.1, 0.15) is 17.2 Å². The Hall–Kier alpha value is -2.54. The molecule has 0 fully saturated rings. The fourth-order valence-corrected chi connectivity index (χ4v) is 2.49. The van der Waals surface area contributed by atoms with E-state index in [0.29, 0.717) is 5.69 Å². The van der Waals surface area contributed by atoms with E-state index >= 15 is 0 Å². The number of fused-ring (bicyclic) bond motifs is 1. The molecule has 3 aromatic rings. The van der Waals surface area contributed by atoms with Crippen molar-refractivity contribution in [2.24, 2.45) is 0 Å². The first-order valence-electron chi connectivity index (χ1n) is 5.62. The van der Waals surface area contributed by atoms with Gasteiger partial charge in [-0.15, -0.1) is 11.3 Å². The van der Waals surface area contributed by atoms with Crippen LogP contribution in [0.5, 0.6) is 0 Å². The van der Waals surface area contributed by atoms with Gasteiger partial charge in [-0.3, -0.25) is 0 Å². The molecule has 0 spiro atoms. The SMILES string of the molecule is O=C(O)c1cc(F)cnc1Nc1ccc2ncsc2c1. The summed E-state index contributed by atoms with van der Waals surface area (Å²) in [7, 11) is 0. The third kappa shape index (κ3) is 2.30. The zero-order valence-electron chi connectivity index (χ0n) is 10.0. The highest BCUT2D eigenvalue weighted by atomic mass is 32.1. The minimum Gasteiger partial charge on any atom is -0.478 e. The Morgan fingerprint density at radius 1 is 1.30 bits per heavy atom. The van der Waals surface area contributed by atoms with Crippen LogP contribution in [0.4, 0.5) is 15.9 Å². The van der Waals surface area contributed by atoms with Crippen molar-refractivity contribution in [3.8, 4) is 0 Å². The van der Waals surface area contributed by atoms with E-state index in [1.54, 1.807) is 11.6 Å². The first kappa shape index (κ1) is 12.5. The van der Waals surface area contributed by atoms with Gasteiger partial charge in [-0.1, -0.05) is 0 Å². The molecule has 100 valence electrons. The van der Waals surface area contributed by atoms with Gasteiger partial charge in [-0.2, -0.15) is 0 Å². The Morgan fingerprint density at radius 3 is 2.95 bits per heavy atom. The van der Waals surface area contributed by atoms with Crippen LogP contribution in [0.25, 0.3) is 10.2 Å². The van der Waals surface area contributed by atoms with Crippen LogP contribution >= 0.6 is 11.3 Å². The molecule has 2 N–H and O–H groups in total. The maximum atomic E-state index is 13.1. The van der Waals surface area contributed by atoms with Gasteiger partial charge >= 0.3 is 5.97 Å². The van der Waals surface area contributed by atoms with E-state index in [0.717, 1.165) is 22.5 Å². The number of carboxylic acids is 1. The van der Waals surface area contributed by atoms with Crippen LogP contribution < -0.4 is 5.32 Å².